The van der Waals surface area contributed by atoms with E-state index >= 15 is 0 Å². The average molecular weight is 212 g/mol. The zero-order valence-electron chi connectivity index (χ0n) is 8.81. The van der Waals surface area contributed by atoms with E-state index in [4.69, 9.17) is 0 Å². The van der Waals surface area contributed by atoms with Crippen molar-refractivity contribution in [1.82, 2.24) is 0 Å². The Morgan fingerprint density at radius 2 is 2.12 bits per heavy atom. The number of nitro groups is 1. The van der Waals surface area contributed by atoms with Crippen LogP contribution in [0, 0.1) is 23.1 Å². The van der Waals surface area contributed by atoms with Gasteiger partial charge in [0.1, 0.15) is 0 Å². The molecule has 3 nitrogen and oxygen atoms in total. The molecule has 0 N–H and O–H groups in total. The first-order valence-electron chi connectivity index (χ1n) is 4.90. The zero-order chi connectivity index (χ0) is 11.5. The molecule has 0 heterocycles. The van der Waals surface area contributed by atoms with E-state index in [1.54, 1.807) is 24.3 Å². The van der Waals surface area contributed by atoms with Gasteiger partial charge in [0, 0.05) is 6.07 Å². The van der Waals surface area contributed by atoms with Crippen molar-refractivity contribution >= 4 is 5.69 Å². The number of aryl methyl sites for hydroxylation is 1. The number of benzene rings is 2. The molecule has 0 saturated heterocycles. The summed E-state index contributed by atoms with van der Waals surface area (Å²) in [4.78, 5) is 10.6. The van der Waals surface area contributed by atoms with Crippen LogP contribution in [0.5, 0.6) is 0 Å². The van der Waals surface area contributed by atoms with Crippen LogP contribution in [-0.2, 0) is 0 Å². The van der Waals surface area contributed by atoms with Gasteiger partial charge in [-0.15, -0.1) is 0 Å². The summed E-state index contributed by atoms with van der Waals surface area (Å²) in [6.45, 7) is 1.84. The van der Waals surface area contributed by atoms with E-state index < -0.39 is 0 Å². The number of nitrogens with zero attached hydrogens (tertiary/aromatic N) is 1. The monoisotopic (exact) mass is 212 g/mol. The maximum Gasteiger partial charge on any atom is 0.277 e. The van der Waals surface area contributed by atoms with Crippen LogP contribution in [0.4, 0.5) is 5.69 Å². The van der Waals surface area contributed by atoms with Crippen molar-refractivity contribution in [3.63, 3.8) is 0 Å². The third-order valence-electron chi connectivity index (χ3n) is 2.37. The van der Waals surface area contributed by atoms with Crippen molar-refractivity contribution < 1.29 is 4.92 Å². The van der Waals surface area contributed by atoms with Crippen molar-refractivity contribution in [1.29, 1.82) is 0 Å². The highest BCUT2D eigenvalue weighted by Gasteiger charge is 2.14. The molecule has 79 valence electrons. The van der Waals surface area contributed by atoms with E-state index in [0.717, 1.165) is 11.1 Å². The molecule has 0 fully saturated rings. The molecule has 3 heteroatoms. The van der Waals surface area contributed by atoms with Crippen molar-refractivity contribution in [3.8, 4) is 11.1 Å². The minimum atomic E-state index is -0.352. The fraction of sp³-hybridized carbons (Fsp3) is 0.0769. The molecule has 0 unspecified atom stereocenters. The van der Waals surface area contributed by atoms with Gasteiger partial charge in [-0.3, -0.25) is 10.1 Å². The first-order chi connectivity index (χ1) is 7.68. The Labute approximate surface area is 93.5 Å². The van der Waals surface area contributed by atoms with E-state index in [0.29, 0.717) is 5.56 Å². The highest BCUT2D eigenvalue weighted by molar-refractivity contribution is 5.73. The maximum atomic E-state index is 10.9. The SMILES string of the molecule is Cc1ccc(-c2c[c]ccc2)c([N+](=O)[O-])c1. The van der Waals surface area contributed by atoms with Crippen LogP contribution in [-0.4, -0.2) is 4.92 Å². The lowest BCUT2D eigenvalue weighted by Crippen LogP contribution is -1.92. The summed E-state index contributed by atoms with van der Waals surface area (Å²) < 4.78 is 0. The predicted molar refractivity (Wildman–Crippen MR) is 62.1 cm³/mol. The molecule has 16 heavy (non-hydrogen) atoms. The molecule has 0 atom stereocenters. The van der Waals surface area contributed by atoms with Gasteiger partial charge in [-0.2, -0.15) is 0 Å². The molecule has 0 spiro atoms. The van der Waals surface area contributed by atoms with Gasteiger partial charge in [0.2, 0.25) is 0 Å². The number of hydrogen-bond acceptors (Lipinski definition) is 2. The Bertz CT molecular complexity index is 521. The standard InChI is InChI=1S/C13H10NO2/c1-10-7-8-12(13(9-10)14(15)16)11-5-3-2-4-6-11/h2-3,5-9H,1H3. The molecule has 2 aromatic carbocycles. The molecule has 0 amide bonds. The second-order valence-corrected chi connectivity index (χ2v) is 3.57. The summed E-state index contributed by atoms with van der Waals surface area (Å²) in [5.74, 6) is 0. The topological polar surface area (TPSA) is 43.1 Å². The van der Waals surface area contributed by atoms with Crippen LogP contribution in [0.3, 0.4) is 0 Å². The smallest absolute Gasteiger partial charge is 0.258 e. The van der Waals surface area contributed by atoms with Gasteiger partial charge in [0.15, 0.2) is 0 Å². The van der Waals surface area contributed by atoms with E-state index in [9.17, 15) is 10.1 Å². The third kappa shape index (κ3) is 1.93. The molecule has 0 aliphatic carbocycles. The van der Waals surface area contributed by atoms with E-state index in [2.05, 4.69) is 6.07 Å². The Morgan fingerprint density at radius 1 is 1.31 bits per heavy atom. The lowest BCUT2D eigenvalue weighted by Gasteiger charge is -2.03. The Kier molecular flexibility index (Phi) is 2.68. The molecular weight excluding hydrogens is 202 g/mol. The molecule has 0 saturated carbocycles. The summed E-state index contributed by atoms with van der Waals surface area (Å²) in [5.41, 5.74) is 2.47. The summed E-state index contributed by atoms with van der Waals surface area (Å²) in [6, 6.07) is 15.3. The van der Waals surface area contributed by atoms with E-state index in [-0.39, 0.29) is 10.6 Å². The molecule has 0 aliphatic rings. The van der Waals surface area contributed by atoms with Crippen molar-refractivity contribution in [3.05, 3.63) is 64.2 Å². The second-order valence-electron chi connectivity index (χ2n) is 3.57. The highest BCUT2D eigenvalue weighted by Crippen LogP contribution is 2.30. The van der Waals surface area contributed by atoms with Crippen molar-refractivity contribution in [2.45, 2.75) is 6.92 Å². The average Bonchev–Trinajstić information content (AvgIpc) is 2.30. The molecule has 0 aromatic heterocycles. The zero-order valence-corrected chi connectivity index (χ0v) is 8.81. The van der Waals surface area contributed by atoms with Crippen molar-refractivity contribution in [2.24, 2.45) is 0 Å². The van der Waals surface area contributed by atoms with E-state index in [1.807, 2.05) is 25.1 Å². The number of nitro benzene ring substituents is 1. The fourth-order valence-corrected chi connectivity index (χ4v) is 1.60. The number of rotatable bonds is 2. The van der Waals surface area contributed by atoms with Gasteiger partial charge in [0.25, 0.3) is 5.69 Å². The van der Waals surface area contributed by atoms with Gasteiger partial charge >= 0.3 is 0 Å². The number of hydrogen-bond donors (Lipinski definition) is 0. The van der Waals surface area contributed by atoms with Gasteiger partial charge in [-0.05, 0) is 36.2 Å². The Morgan fingerprint density at radius 3 is 2.75 bits per heavy atom. The molecule has 2 rings (SSSR count). The molecule has 0 aliphatic heterocycles. The molecule has 1 radical (unpaired) electrons. The van der Waals surface area contributed by atoms with Crippen molar-refractivity contribution in [2.75, 3.05) is 0 Å². The maximum absolute atomic E-state index is 10.9. The second kappa shape index (κ2) is 4.14. The normalized spacial score (nSPS) is 10.1. The predicted octanol–water partition coefficient (Wildman–Crippen LogP) is 3.37. The van der Waals surface area contributed by atoms with Crippen LogP contribution in [0.25, 0.3) is 11.1 Å². The minimum absolute atomic E-state index is 0.139. The summed E-state index contributed by atoms with van der Waals surface area (Å²) in [5, 5.41) is 10.9. The van der Waals surface area contributed by atoms with Gasteiger partial charge < -0.3 is 0 Å². The van der Waals surface area contributed by atoms with Gasteiger partial charge in [-0.25, -0.2) is 0 Å². The largest absolute Gasteiger partial charge is 0.277 e. The first-order valence-corrected chi connectivity index (χ1v) is 4.90. The molecule has 2 aromatic rings. The van der Waals surface area contributed by atoms with Gasteiger partial charge in [-0.1, -0.05) is 24.3 Å². The lowest BCUT2D eigenvalue weighted by molar-refractivity contribution is -0.384. The van der Waals surface area contributed by atoms with E-state index in [1.165, 1.54) is 0 Å². The summed E-state index contributed by atoms with van der Waals surface area (Å²) in [6.07, 6.45) is 0. The van der Waals surface area contributed by atoms with Crippen LogP contribution < -0.4 is 0 Å². The minimum Gasteiger partial charge on any atom is -0.258 e. The summed E-state index contributed by atoms with van der Waals surface area (Å²) in [7, 11) is 0. The Balaban J connectivity index is 2.61. The van der Waals surface area contributed by atoms with Crippen LogP contribution in [0.1, 0.15) is 5.56 Å². The van der Waals surface area contributed by atoms with Gasteiger partial charge in [0.05, 0.1) is 10.5 Å². The van der Waals surface area contributed by atoms with Crippen LogP contribution in [0.2, 0.25) is 0 Å². The molecule has 0 bridgehead atoms. The highest BCUT2D eigenvalue weighted by atomic mass is 16.6. The lowest BCUT2D eigenvalue weighted by atomic mass is 10.0. The van der Waals surface area contributed by atoms with Crippen LogP contribution in [0.15, 0.2) is 42.5 Å². The fourth-order valence-electron chi connectivity index (χ4n) is 1.60. The van der Waals surface area contributed by atoms with Crippen LogP contribution >= 0.6 is 0 Å². The summed E-state index contributed by atoms with van der Waals surface area (Å²) >= 11 is 0. The quantitative estimate of drug-likeness (QED) is 0.565. The molecular formula is C13H10NO2. The first kappa shape index (κ1) is 10.4. The Hall–Kier alpha value is -2.16. The third-order valence-corrected chi connectivity index (χ3v) is 2.37.